The second kappa shape index (κ2) is 7.60. The number of amides is 1. The molecule has 2 aromatic rings. The summed E-state index contributed by atoms with van der Waals surface area (Å²) < 4.78 is 2.04. The third kappa shape index (κ3) is 3.81. The molecule has 1 aromatic heterocycles. The third-order valence-electron chi connectivity index (χ3n) is 5.43. The molecular weight excluding hydrogens is 326 g/mol. The second-order valence-electron chi connectivity index (χ2n) is 7.38. The summed E-state index contributed by atoms with van der Waals surface area (Å²) in [6, 6.07) is 10.6. The number of benzene rings is 1. The summed E-state index contributed by atoms with van der Waals surface area (Å²) >= 11 is 0. The predicted octanol–water partition coefficient (Wildman–Crippen LogP) is 1.63. The zero-order valence-corrected chi connectivity index (χ0v) is 15.3. The van der Waals surface area contributed by atoms with Crippen molar-refractivity contribution in [3.05, 3.63) is 54.1 Å². The van der Waals surface area contributed by atoms with E-state index in [2.05, 4.69) is 32.7 Å². The monoisotopic (exact) mass is 353 g/mol. The number of nitrogens with one attached hydrogen (secondary N) is 2. The van der Waals surface area contributed by atoms with Crippen molar-refractivity contribution in [3.8, 4) is 0 Å². The average molecular weight is 353 g/mol. The van der Waals surface area contributed by atoms with E-state index in [1.165, 1.54) is 18.4 Å². The second-order valence-corrected chi connectivity index (χ2v) is 7.38. The Bertz CT molecular complexity index is 740. The lowest BCUT2D eigenvalue weighted by atomic mass is 10.0. The fourth-order valence-corrected chi connectivity index (χ4v) is 3.86. The van der Waals surface area contributed by atoms with Gasteiger partial charge >= 0.3 is 0 Å². The lowest BCUT2D eigenvalue weighted by molar-refractivity contribution is -0.124. The number of piperazine rings is 1. The zero-order chi connectivity index (χ0) is 17.9. The number of hydrogen-bond acceptors (Lipinski definition) is 4. The van der Waals surface area contributed by atoms with Gasteiger partial charge in [-0.15, -0.1) is 0 Å². The van der Waals surface area contributed by atoms with Crippen LogP contribution in [-0.4, -0.2) is 46.5 Å². The summed E-state index contributed by atoms with van der Waals surface area (Å²) in [5.41, 5.74) is 1.21. The fraction of sp³-hybridized carbons (Fsp3) is 0.500. The van der Waals surface area contributed by atoms with Gasteiger partial charge in [0.2, 0.25) is 5.91 Å². The third-order valence-corrected chi connectivity index (χ3v) is 5.43. The molecule has 1 saturated carbocycles. The molecule has 2 unspecified atom stereocenters. The highest BCUT2D eigenvalue weighted by Gasteiger charge is 2.34. The lowest BCUT2D eigenvalue weighted by Gasteiger charge is -2.35. The normalized spacial score (nSPS) is 22.1. The molecule has 6 nitrogen and oxygen atoms in total. The molecule has 0 bridgehead atoms. The van der Waals surface area contributed by atoms with Gasteiger partial charge in [0.15, 0.2) is 0 Å². The molecule has 4 rings (SSSR count). The maximum absolute atomic E-state index is 12.8. The van der Waals surface area contributed by atoms with Crippen LogP contribution in [0.15, 0.2) is 42.7 Å². The molecule has 1 aliphatic heterocycles. The summed E-state index contributed by atoms with van der Waals surface area (Å²) in [5.74, 6) is 1.69. The highest BCUT2D eigenvalue weighted by Crippen LogP contribution is 2.40. The molecule has 0 radical (unpaired) electrons. The van der Waals surface area contributed by atoms with E-state index in [-0.39, 0.29) is 18.0 Å². The molecule has 2 heterocycles. The molecule has 6 heteroatoms. The Morgan fingerprint density at radius 2 is 2.15 bits per heavy atom. The van der Waals surface area contributed by atoms with Crippen molar-refractivity contribution in [1.29, 1.82) is 0 Å². The van der Waals surface area contributed by atoms with E-state index >= 15 is 0 Å². The van der Waals surface area contributed by atoms with E-state index in [4.69, 9.17) is 0 Å². The van der Waals surface area contributed by atoms with E-state index in [1.807, 2.05) is 42.2 Å². The van der Waals surface area contributed by atoms with Crippen LogP contribution in [-0.2, 0) is 11.8 Å². The summed E-state index contributed by atoms with van der Waals surface area (Å²) in [7, 11) is 2.01. The Morgan fingerprint density at radius 1 is 1.35 bits per heavy atom. The molecule has 0 spiro atoms. The number of carbonyl (C=O) groups is 1. The Morgan fingerprint density at radius 3 is 2.85 bits per heavy atom. The largest absolute Gasteiger partial charge is 0.348 e. The quantitative estimate of drug-likeness (QED) is 0.829. The molecule has 1 amide bonds. The maximum atomic E-state index is 12.8. The van der Waals surface area contributed by atoms with Crippen molar-refractivity contribution in [3.63, 3.8) is 0 Å². The first kappa shape index (κ1) is 17.2. The van der Waals surface area contributed by atoms with Gasteiger partial charge < -0.3 is 15.2 Å². The van der Waals surface area contributed by atoms with E-state index in [0.717, 1.165) is 25.5 Å². The minimum absolute atomic E-state index is 0.104. The van der Waals surface area contributed by atoms with Gasteiger partial charge in [0.25, 0.3) is 0 Å². The lowest BCUT2D eigenvalue weighted by Crippen LogP contribution is -2.50. The molecule has 1 saturated heterocycles. The molecule has 2 atom stereocenters. The number of imidazole rings is 1. The molecule has 1 aromatic carbocycles. The van der Waals surface area contributed by atoms with Gasteiger partial charge in [-0.3, -0.25) is 9.69 Å². The Kier molecular flexibility index (Phi) is 5.04. The van der Waals surface area contributed by atoms with Gasteiger partial charge in [0, 0.05) is 39.1 Å². The number of aryl methyl sites for hydroxylation is 1. The van der Waals surface area contributed by atoms with Gasteiger partial charge in [-0.2, -0.15) is 0 Å². The van der Waals surface area contributed by atoms with Crippen molar-refractivity contribution >= 4 is 5.91 Å². The predicted molar refractivity (Wildman–Crippen MR) is 100 cm³/mol. The van der Waals surface area contributed by atoms with E-state index in [9.17, 15) is 4.79 Å². The van der Waals surface area contributed by atoms with Crippen molar-refractivity contribution in [1.82, 2.24) is 25.1 Å². The minimum Gasteiger partial charge on any atom is -0.348 e. The first-order chi connectivity index (χ1) is 12.7. The smallest absolute Gasteiger partial charge is 0.234 e. The standard InChI is InChI=1S/C20H27N5O/c1-24-11-10-22-20(24)17-13-21-9-12-25(17)14-18(26)23-19(16-7-8-16)15-5-3-2-4-6-15/h2-6,10-11,16-17,19,21H,7-9,12-14H2,1H3,(H,23,26). The van der Waals surface area contributed by atoms with Gasteiger partial charge in [-0.1, -0.05) is 30.3 Å². The van der Waals surface area contributed by atoms with Crippen molar-refractivity contribution in [2.45, 2.75) is 24.9 Å². The molecular formula is C20H27N5O. The number of carbonyl (C=O) groups excluding carboxylic acids is 1. The highest BCUT2D eigenvalue weighted by molar-refractivity contribution is 5.78. The molecule has 26 heavy (non-hydrogen) atoms. The van der Waals surface area contributed by atoms with Crippen molar-refractivity contribution in [2.24, 2.45) is 13.0 Å². The number of aromatic nitrogens is 2. The summed E-state index contributed by atoms with van der Waals surface area (Å²) in [6.07, 6.45) is 6.17. The topological polar surface area (TPSA) is 62.2 Å². The SMILES string of the molecule is Cn1ccnc1C1CNCCN1CC(=O)NC(c1ccccc1)C1CC1. The van der Waals surface area contributed by atoms with Crippen LogP contribution in [0.2, 0.25) is 0 Å². The average Bonchev–Trinajstić information content (AvgIpc) is 3.42. The van der Waals surface area contributed by atoms with Crippen molar-refractivity contribution < 1.29 is 4.79 Å². The molecule has 2 aliphatic rings. The Hall–Kier alpha value is -2.18. The highest BCUT2D eigenvalue weighted by atomic mass is 16.2. The van der Waals surface area contributed by atoms with Crippen LogP contribution >= 0.6 is 0 Å². The zero-order valence-electron chi connectivity index (χ0n) is 15.3. The number of rotatable bonds is 6. The summed E-state index contributed by atoms with van der Waals surface area (Å²) in [5, 5.41) is 6.72. The first-order valence-corrected chi connectivity index (χ1v) is 9.48. The summed E-state index contributed by atoms with van der Waals surface area (Å²) in [4.78, 5) is 19.6. The van der Waals surface area contributed by atoms with E-state index in [0.29, 0.717) is 12.5 Å². The molecule has 1 aliphatic carbocycles. The molecule has 2 fully saturated rings. The van der Waals surface area contributed by atoms with Crippen molar-refractivity contribution in [2.75, 3.05) is 26.2 Å². The fourth-order valence-electron chi connectivity index (χ4n) is 3.86. The first-order valence-electron chi connectivity index (χ1n) is 9.48. The Labute approximate surface area is 154 Å². The van der Waals surface area contributed by atoms with Crippen LogP contribution in [0.3, 0.4) is 0 Å². The van der Waals surface area contributed by atoms with Crippen LogP contribution in [0, 0.1) is 5.92 Å². The maximum Gasteiger partial charge on any atom is 0.234 e. The van der Waals surface area contributed by atoms with E-state index < -0.39 is 0 Å². The number of nitrogens with zero attached hydrogens (tertiary/aromatic N) is 3. The van der Waals surface area contributed by atoms with Crippen LogP contribution < -0.4 is 10.6 Å². The van der Waals surface area contributed by atoms with Crippen LogP contribution in [0.4, 0.5) is 0 Å². The molecule has 2 N–H and O–H groups in total. The number of hydrogen-bond donors (Lipinski definition) is 2. The van der Waals surface area contributed by atoms with Crippen LogP contribution in [0.1, 0.15) is 36.3 Å². The van der Waals surface area contributed by atoms with Crippen LogP contribution in [0.5, 0.6) is 0 Å². The summed E-state index contributed by atoms with van der Waals surface area (Å²) in [6.45, 7) is 2.99. The van der Waals surface area contributed by atoms with E-state index in [1.54, 1.807) is 0 Å². The Balaban J connectivity index is 1.43. The molecule has 138 valence electrons. The van der Waals surface area contributed by atoms with Gasteiger partial charge in [0.1, 0.15) is 5.82 Å². The van der Waals surface area contributed by atoms with Gasteiger partial charge in [0.05, 0.1) is 18.6 Å². The van der Waals surface area contributed by atoms with Crippen LogP contribution in [0.25, 0.3) is 0 Å². The minimum atomic E-state index is 0.104. The van der Waals surface area contributed by atoms with Gasteiger partial charge in [-0.25, -0.2) is 4.98 Å². The van der Waals surface area contributed by atoms with Gasteiger partial charge in [-0.05, 0) is 24.3 Å².